The minimum absolute atomic E-state index is 0.00757. The Balaban J connectivity index is 2.35. The molecular weight excluding hydrogens is 766 g/mol. The van der Waals surface area contributed by atoms with Crippen LogP contribution < -0.4 is 21.4 Å². The minimum Gasteiger partial charge on any atom is -0.480 e. The molecule has 58 heavy (non-hydrogen) atoms. The Kier molecular flexibility index (Phi) is 18.1. The van der Waals surface area contributed by atoms with Crippen LogP contribution in [0.4, 0.5) is 4.79 Å². The topological polar surface area (TPSA) is 275 Å². The van der Waals surface area contributed by atoms with Crippen LogP contribution in [0, 0.1) is 5.92 Å². The molecule has 0 aliphatic carbocycles. The van der Waals surface area contributed by atoms with Crippen molar-refractivity contribution in [3.05, 3.63) is 35.9 Å². The van der Waals surface area contributed by atoms with Crippen LogP contribution in [0.25, 0.3) is 0 Å². The molecular formula is C38H55N5O15. The first-order valence-corrected chi connectivity index (χ1v) is 18.6. The fourth-order valence-corrected chi connectivity index (χ4v) is 5.02. The summed E-state index contributed by atoms with van der Waals surface area (Å²) in [6.45, 7) is 13.0. The molecule has 20 heteroatoms. The predicted molar refractivity (Wildman–Crippen MR) is 201 cm³/mol. The number of hydrogen-bond donors (Lipinski definition) is 5. The number of aliphatic carboxylic acids is 1. The zero-order valence-electron chi connectivity index (χ0n) is 34.2. The molecule has 1 heterocycles. The average Bonchev–Trinajstić information content (AvgIpc) is 3.90. The van der Waals surface area contributed by atoms with Gasteiger partial charge in [0.25, 0.3) is 11.8 Å². The summed E-state index contributed by atoms with van der Waals surface area (Å²) in [4.78, 5) is 116. The van der Waals surface area contributed by atoms with Gasteiger partial charge in [0.1, 0.15) is 42.5 Å². The lowest BCUT2D eigenvalue weighted by Crippen LogP contribution is -2.60. The Hall–Kier alpha value is -5.79. The number of esters is 3. The first-order valence-electron chi connectivity index (χ1n) is 18.6. The summed E-state index contributed by atoms with van der Waals surface area (Å²) in [6.07, 6.45) is -5.33. The van der Waals surface area contributed by atoms with Gasteiger partial charge in [0.15, 0.2) is 12.2 Å². The van der Waals surface area contributed by atoms with E-state index in [4.69, 9.17) is 23.7 Å². The highest BCUT2D eigenvalue weighted by Gasteiger charge is 2.53. The lowest BCUT2D eigenvalue weighted by Gasteiger charge is -2.29. The Morgan fingerprint density at radius 3 is 1.91 bits per heavy atom. The van der Waals surface area contributed by atoms with Crippen LogP contribution in [-0.2, 0) is 68.6 Å². The van der Waals surface area contributed by atoms with E-state index in [1.165, 1.54) is 20.8 Å². The number of nitrogens with zero attached hydrogens (tertiary/aromatic N) is 1. The molecule has 1 aliphatic heterocycles. The first-order chi connectivity index (χ1) is 26.9. The first kappa shape index (κ1) is 48.4. The van der Waals surface area contributed by atoms with E-state index in [1.807, 2.05) is 0 Å². The standard InChI is InChI=1S/C38H55N5O15/c1-10-54-35(52)30-29(56-30)34(51)43(19-25(44)45)42-33(50)28(21(2)3)41-31(48)23(16-17-26(46)57-37(4,5)6)39-32(49)24(18-27(47)58-38(7,8)9)40-36(53)55-20-22-14-12-11-13-15-22/h11-15,21,23-24,28-30H,10,16-20H2,1-9H3,(H,39,49)(H,40,53)(H,41,48)(H,42,50)(H,44,45)/t23-,24-,28-,29+,30+/m0/s1. The molecule has 0 spiro atoms. The van der Waals surface area contributed by atoms with Gasteiger partial charge in [-0.05, 0) is 66.4 Å². The van der Waals surface area contributed by atoms with Crippen LogP contribution in [0.3, 0.4) is 0 Å². The largest absolute Gasteiger partial charge is 0.480 e. The number of ether oxygens (including phenoxy) is 5. The predicted octanol–water partition coefficient (Wildman–Crippen LogP) is 1.04. The van der Waals surface area contributed by atoms with Crippen LogP contribution in [0.1, 0.15) is 87.1 Å². The van der Waals surface area contributed by atoms with Gasteiger partial charge in [-0.3, -0.25) is 39.0 Å². The monoisotopic (exact) mass is 821 g/mol. The van der Waals surface area contributed by atoms with Gasteiger partial charge in [0.05, 0.1) is 13.0 Å². The van der Waals surface area contributed by atoms with Crippen LogP contribution in [0.5, 0.6) is 0 Å². The van der Waals surface area contributed by atoms with Crippen molar-refractivity contribution in [2.24, 2.45) is 5.92 Å². The van der Waals surface area contributed by atoms with Crippen molar-refractivity contribution < 1.29 is 71.9 Å². The number of hydrogen-bond acceptors (Lipinski definition) is 14. The molecule has 0 radical (unpaired) electrons. The molecule has 1 saturated heterocycles. The lowest BCUT2D eigenvalue weighted by molar-refractivity contribution is -0.156. The zero-order valence-corrected chi connectivity index (χ0v) is 34.2. The molecule has 0 unspecified atom stereocenters. The third kappa shape index (κ3) is 17.6. The van der Waals surface area contributed by atoms with E-state index in [0.29, 0.717) is 10.6 Å². The minimum atomic E-state index is -1.65. The molecule has 1 aromatic rings. The highest BCUT2D eigenvalue weighted by atomic mass is 16.6. The van der Waals surface area contributed by atoms with E-state index >= 15 is 0 Å². The molecule has 5 atom stereocenters. The van der Waals surface area contributed by atoms with Crippen LogP contribution in [0.15, 0.2) is 30.3 Å². The van der Waals surface area contributed by atoms with Gasteiger partial charge < -0.3 is 44.7 Å². The molecule has 5 N–H and O–H groups in total. The van der Waals surface area contributed by atoms with E-state index in [0.717, 1.165) is 0 Å². The summed E-state index contributed by atoms with van der Waals surface area (Å²) in [5.74, 6) is -8.95. The second kappa shape index (κ2) is 21.7. The fourth-order valence-electron chi connectivity index (χ4n) is 5.02. The normalized spacial score (nSPS) is 16.3. The van der Waals surface area contributed by atoms with E-state index in [9.17, 15) is 48.3 Å². The maximum Gasteiger partial charge on any atom is 0.408 e. The Morgan fingerprint density at radius 1 is 0.776 bits per heavy atom. The summed E-state index contributed by atoms with van der Waals surface area (Å²) >= 11 is 0. The number of amides is 5. The van der Waals surface area contributed by atoms with Crippen LogP contribution in [-0.4, -0.2) is 118 Å². The summed E-state index contributed by atoms with van der Waals surface area (Å²) in [5.41, 5.74) is 0.915. The Labute approximate surface area is 336 Å². The molecule has 1 aromatic carbocycles. The number of rotatable bonds is 19. The molecule has 0 bridgehead atoms. The molecule has 1 fully saturated rings. The third-order valence-electron chi connectivity index (χ3n) is 7.61. The van der Waals surface area contributed by atoms with Crippen LogP contribution in [0.2, 0.25) is 0 Å². The highest BCUT2D eigenvalue weighted by molar-refractivity contribution is 5.97. The second-order valence-electron chi connectivity index (χ2n) is 15.5. The zero-order chi connectivity index (χ0) is 44.0. The number of hydrazine groups is 1. The molecule has 2 rings (SSSR count). The number of carboxylic acid groups (broad SMARTS) is 1. The van der Waals surface area contributed by atoms with E-state index in [-0.39, 0.29) is 13.2 Å². The van der Waals surface area contributed by atoms with Crippen molar-refractivity contribution >= 4 is 53.6 Å². The summed E-state index contributed by atoms with van der Waals surface area (Å²) in [7, 11) is 0. The number of carbonyl (C=O) groups is 9. The van der Waals surface area contributed by atoms with E-state index in [2.05, 4.69) is 21.4 Å². The average molecular weight is 822 g/mol. The number of alkyl carbamates (subject to hydrolysis) is 1. The van der Waals surface area contributed by atoms with Crippen molar-refractivity contribution in [1.82, 2.24) is 26.4 Å². The second-order valence-corrected chi connectivity index (χ2v) is 15.5. The molecule has 0 aromatic heterocycles. The van der Waals surface area contributed by atoms with Gasteiger partial charge >= 0.3 is 30.0 Å². The van der Waals surface area contributed by atoms with Gasteiger partial charge in [0.2, 0.25) is 11.8 Å². The molecule has 0 saturated carbocycles. The van der Waals surface area contributed by atoms with Gasteiger partial charge in [-0.25, -0.2) is 14.6 Å². The molecule has 20 nitrogen and oxygen atoms in total. The van der Waals surface area contributed by atoms with Crippen molar-refractivity contribution in [2.75, 3.05) is 13.2 Å². The van der Waals surface area contributed by atoms with Gasteiger partial charge in [0, 0.05) is 6.42 Å². The highest BCUT2D eigenvalue weighted by Crippen LogP contribution is 2.25. The quantitative estimate of drug-likeness (QED) is 0.0564. The molecule has 322 valence electrons. The Bertz CT molecular complexity index is 1650. The van der Waals surface area contributed by atoms with Crippen LogP contribution >= 0.6 is 0 Å². The number of nitrogens with one attached hydrogen (secondary N) is 4. The summed E-state index contributed by atoms with van der Waals surface area (Å²) < 4.78 is 25.8. The number of benzene rings is 1. The molecule has 1 aliphatic rings. The number of epoxide rings is 1. The smallest absolute Gasteiger partial charge is 0.408 e. The lowest BCUT2D eigenvalue weighted by atomic mass is 10.0. The number of carboxylic acids is 1. The summed E-state index contributed by atoms with van der Waals surface area (Å²) in [5, 5.41) is 17.1. The maximum atomic E-state index is 13.9. The summed E-state index contributed by atoms with van der Waals surface area (Å²) in [6, 6.07) is 3.87. The van der Waals surface area contributed by atoms with E-state index in [1.54, 1.807) is 71.9 Å². The van der Waals surface area contributed by atoms with Crippen molar-refractivity contribution in [1.29, 1.82) is 0 Å². The maximum absolute atomic E-state index is 13.9. The number of carbonyl (C=O) groups excluding carboxylic acids is 8. The molecule has 5 amide bonds. The van der Waals surface area contributed by atoms with Crippen molar-refractivity contribution in [3.8, 4) is 0 Å². The Morgan fingerprint density at radius 2 is 1.36 bits per heavy atom. The third-order valence-corrected chi connectivity index (χ3v) is 7.61. The van der Waals surface area contributed by atoms with E-state index < -0.39 is 127 Å². The fraction of sp³-hybridized carbons (Fsp3) is 0.605. The van der Waals surface area contributed by atoms with Gasteiger partial charge in [-0.15, -0.1) is 0 Å². The van der Waals surface area contributed by atoms with Crippen molar-refractivity contribution in [3.63, 3.8) is 0 Å². The van der Waals surface area contributed by atoms with Crippen molar-refractivity contribution in [2.45, 2.75) is 130 Å². The van der Waals surface area contributed by atoms with Gasteiger partial charge in [-0.1, -0.05) is 44.2 Å². The van der Waals surface area contributed by atoms with Gasteiger partial charge in [-0.2, -0.15) is 0 Å². The SMILES string of the molecule is CCOC(=O)[C@@H]1O[C@H]1C(=O)N(CC(=O)O)NC(=O)[C@@H](NC(=O)[C@H](CCC(=O)OC(C)(C)C)NC(=O)[C@H](CC(=O)OC(C)(C)C)NC(=O)OCc1ccccc1)C(C)C.